The van der Waals surface area contributed by atoms with Gasteiger partial charge in [-0.05, 0) is 0 Å². The van der Waals surface area contributed by atoms with Crippen molar-refractivity contribution in [2.45, 2.75) is 18.2 Å². The van der Waals surface area contributed by atoms with Gasteiger partial charge in [-0.15, -0.1) is 0 Å². The Kier molecular flexibility index (Phi) is 3.12. The largest absolute Gasteiger partial charge is 0.400 e. The van der Waals surface area contributed by atoms with Gasteiger partial charge in [-0.3, -0.25) is 0 Å². The fourth-order valence-electron chi connectivity index (χ4n) is 1.57. The van der Waals surface area contributed by atoms with E-state index in [9.17, 15) is 5.11 Å². The maximum absolute atomic E-state index is 9.23. The van der Waals surface area contributed by atoms with E-state index >= 15 is 0 Å². The molecule has 4 nitrogen and oxygen atoms in total. The second kappa shape index (κ2) is 3.74. The van der Waals surface area contributed by atoms with Crippen LogP contribution in [0.2, 0.25) is 0 Å². The summed E-state index contributed by atoms with van der Waals surface area (Å²) in [7, 11) is 6.62. The molecule has 1 rings (SSSR count). The van der Waals surface area contributed by atoms with E-state index in [0.29, 0.717) is 0 Å². The van der Waals surface area contributed by atoms with Crippen molar-refractivity contribution in [1.82, 2.24) is 0 Å². The minimum atomic E-state index is -1.11. The van der Waals surface area contributed by atoms with Crippen LogP contribution in [-0.4, -0.2) is 55.1 Å². The third-order valence-corrected chi connectivity index (χ3v) is 2.39. The van der Waals surface area contributed by atoms with E-state index < -0.39 is 18.2 Å². The van der Waals surface area contributed by atoms with Gasteiger partial charge in [0.25, 0.3) is 0 Å². The molecule has 1 fully saturated rings. The van der Waals surface area contributed by atoms with Gasteiger partial charge in [-0.2, -0.15) is 0 Å². The topological polar surface area (TPSA) is 69.9 Å². The first kappa shape index (κ1) is 9.99. The summed E-state index contributed by atoms with van der Waals surface area (Å²) in [6.45, 7) is -0.0988. The molecule has 5 heteroatoms. The van der Waals surface area contributed by atoms with Crippen LogP contribution in [0.15, 0.2) is 0 Å². The van der Waals surface area contributed by atoms with E-state index in [4.69, 9.17) is 22.8 Å². The minimum absolute atomic E-state index is 0.0988. The molecule has 5 atom stereocenters. The molecule has 0 aromatic heterocycles. The molecule has 0 amide bonds. The fraction of sp³-hybridized carbons (Fsp3) is 1.00. The highest BCUT2D eigenvalue weighted by Gasteiger charge is 2.54. The fourth-order valence-corrected chi connectivity index (χ4v) is 1.57. The molecule has 0 saturated heterocycles. The third kappa shape index (κ3) is 1.64. The van der Waals surface area contributed by atoms with Gasteiger partial charge in [-0.1, -0.05) is 0 Å². The maximum Gasteiger partial charge on any atom is 0.112 e. The maximum atomic E-state index is 9.23. The second-order valence-corrected chi connectivity index (χ2v) is 3.11. The number of aliphatic hydroxyl groups is 3. The van der Waals surface area contributed by atoms with Crippen molar-refractivity contribution in [1.29, 1.82) is 0 Å². The van der Waals surface area contributed by atoms with Gasteiger partial charge in [0.2, 0.25) is 0 Å². The van der Waals surface area contributed by atoms with E-state index in [2.05, 4.69) is 0 Å². The van der Waals surface area contributed by atoms with Gasteiger partial charge in [0, 0.05) is 31.6 Å². The molecule has 3 N–H and O–H groups in total. The Morgan fingerprint density at radius 1 is 1.58 bits per heavy atom. The molecule has 0 aliphatic heterocycles. The van der Waals surface area contributed by atoms with Crippen LogP contribution in [0.25, 0.3) is 0 Å². The first-order valence-electron chi connectivity index (χ1n) is 3.88. The summed E-state index contributed by atoms with van der Waals surface area (Å²) < 4.78 is 4.89. The van der Waals surface area contributed by atoms with Gasteiger partial charge < -0.3 is 20.1 Å². The molecule has 4 unspecified atom stereocenters. The number of ether oxygens (including phenoxy) is 1. The van der Waals surface area contributed by atoms with Gasteiger partial charge >= 0.3 is 0 Å². The summed E-state index contributed by atoms with van der Waals surface area (Å²) in [6, 6.07) is -1.11. The summed E-state index contributed by atoms with van der Waals surface area (Å²) in [5.41, 5.74) is 0. The monoisotopic (exact) mass is 172 g/mol. The number of methoxy groups -OCH3 is 1. The van der Waals surface area contributed by atoms with Crippen LogP contribution in [0.3, 0.4) is 0 Å². The summed E-state index contributed by atoms with van der Waals surface area (Å²) in [5, 5.41) is 27.0. The van der Waals surface area contributed by atoms with Crippen molar-refractivity contribution in [3.63, 3.8) is 0 Å². The minimum Gasteiger partial charge on any atom is -0.400 e. The summed E-state index contributed by atoms with van der Waals surface area (Å²) >= 11 is 0. The standard InChI is InChI=1S/C7H13BO4/c1-12-6(7(8)11)4-3(2-9)5(4)10/h3-7,9-11H,2H2,1H3/t3-,4?,5?,6?,7?/m0/s1. The number of rotatable bonds is 4. The van der Waals surface area contributed by atoms with Crippen LogP contribution in [0, 0.1) is 11.8 Å². The quantitative estimate of drug-likeness (QED) is 0.432. The lowest BCUT2D eigenvalue weighted by molar-refractivity contribution is 0.00123. The zero-order valence-corrected chi connectivity index (χ0v) is 6.92. The zero-order chi connectivity index (χ0) is 9.30. The second-order valence-electron chi connectivity index (χ2n) is 3.11. The molecule has 12 heavy (non-hydrogen) atoms. The predicted octanol–water partition coefficient (Wildman–Crippen LogP) is -1.91. The van der Waals surface area contributed by atoms with Crippen molar-refractivity contribution in [3.05, 3.63) is 0 Å². The molecule has 0 aromatic carbocycles. The van der Waals surface area contributed by atoms with Gasteiger partial charge in [-0.25, -0.2) is 0 Å². The Morgan fingerprint density at radius 3 is 2.42 bits per heavy atom. The molecule has 0 spiro atoms. The third-order valence-electron chi connectivity index (χ3n) is 2.39. The summed E-state index contributed by atoms with van der Waals surface area (Å²) in [6.07, 6.45) is -1.18. The van der Waals surface area contributed by atoms with Crippen LogP contribution < -0.4 is 0 Å². The van der Waals surface area contributed by atoms with Gasteiger partial charge in [0.15, 0.2) is 0 Å². The summed E-state index contributed by atoms with van der Waals surface area (Å²) in [5.74, 6) is -0.437. The Morgan fingerprint density at radius 2 is 2.17 bits per heavy atom. The van der Waals surface area contributed by atoms with Crippen molar-refractivity contribution < 1.29 is 20.1 Å². The molecule has 1 aliphatic carbocycles. The van der Waals surface area contributed by atoms with Gasteiger partial charge in [0.05, 0.1) is 12.2 Å². The van der Waals surface area contributed by atoms with Crippen molar-refractivity contribution in [2.24, 2.45) is 11.8 Å². The van der Waals surface area contributed by atoms with E-state index in [1.54, 1.807) is 0 Å². The lowest BCUT2D eigenvalue weighted by atomic mass is 9.91. The van der Waals surface area contributed by atoms with E-state index in [1.807, 2.05) is 0 Å². The molecule has 1 saturated carbocycles. The lowest BCUT2D eigenvalue weighted by Crippen LogP contribution is -2.32. The molecular weight excluding hydrogens is 159 g/mol. The van der Waals surface area contributed by atoms with Crippen LogP contribution in [-0.2, 0) is 4.74 Å². The zero-order valence-electron chi connectivity index (χ0n) is 6.92. The Hall–Kier alpha value is -0.0951. The van der Waals surface area contributed by atoms with Crippen molar-refractivity contribution >= 4 is 7.85 Å². The van der Waals surface area contributed by atoms with E-state index in [0.717, 1.165) is 0 Å². The smallest absolute Gasteiger partial charge is 0.112 e. The highest BCUT2D eigenvalue weighted by Crippen LogP contribution is 2.42. The molecule has 0 bridgehead atoms. The SMILES string of the molecule is [B]C(O)C(OC)C1C(O)[C@H]1CO. The van der Waals surface area contributed by atoms with Gasteiger partial charge in [0.1, 0.15) is 7.85 Å². The van der Waals surface area contributed by atoms with E-state index in [-0.39, 0.29) is 18.4 Å². The highest BCUT2D eigenvalue weighted by atomic mass is 16.5. The predicted molar refractivity (Wildman–Crippen MR) is 42.6 cm³/mol. The normalized spacial score (nSPS) is 39.2. The van der Waals surface area contributed by atoms with Crippen molar-refractivity contribution in [2.75, 3.05) is 13.7 Å². The highest BCUT2D eigenvalue weighted by molar-refractivity contribution is 6.11. The molecular formula is C7H13BO4. The molecule has 1 aliphatic rings. The first-order chi connectivity index (χ1) is 5.63. The Balaban J connectivity index is 2.47. The average molecular weight is 172 g/mol. The number of aliphatic hydroxyl groups excluding tert-OH is 3. The first-order valence-corrected chi connectivity index (χ1v) is 3.88. The Labute approximate surface area is 72.6 Å². The number of hydrogen-bond acceptors (Lipinski definition) is 4. The van der Waals surface area contributed by atoms with Crippen LogP contribution in [0.1, 0.15) is 0 Å². The van der Waals surface area contributed by atoms with E-state index in [1.165, 1.54) is 7.11 Å². The molecule has 0 aromatic rings. The van der Waals surface area contributed by atoms with Crippen molar-refractivity contribution in [3.8, 4) is 0 Å². The summed E-state index contributed by atoms with van der Waals surface area (Å²) in [4.78, 5) is 0. The van der Waals surface area contributed by atoms with Crippen LogP contribution >= 0.6 is 0 Å². The molecule has 0 heterocycles. The molecule has 2 radical (unpaired) electrons. The lowest BCUT2D eigenvalue weighted by Gasteiger charge is -2.18. The number of hydrogen-bond donors (Lipinski definition) is 3. The van der Waals surface area contributed by atoms with Crippen LogP contribution in [0.5, 0.6) is 0 Å². The van der Waals surface area contributed by atoms with Crippen LogP contribution in [0.4, 0.5) is 0 Å². The average Bonchev–Trinajstić information content (AvgIpc) is 2.63. The Bertz CT molecular complexity index is 152. The molecule has 68 valence electrons.